The molecule has 2 aromatic rings. The molecule has 132 valence electrons. The minimum atomic E-state index is -0.557. The lowest BCUT2D eigenvalue weighted by molar-refractivity contribution is -0.120. The summed E-state index contributed by atoms with van der Waals surface area (Å²) in [5, 5.41) is 19.1. The highest BCUT2D eigenvalue weighted by Gasteiger charge is 2.11. The van der Waals surface area contributed by atoms with Crippen molar-refractivity contribution in [2.75, 3.05) is 18.4 Å². The van der Waals surface area contributed by atoms with Gasteiger partial charge in [-0.2, -0.15) is 10.4 Å². The van der Waals surface area contributed by atoms with Crippen molar-refractivity contribution in [2.45, 2.75) is 26.7 Å². The molecule has 6 nitrogen and oxygen atoms in total. The Morgan fingerprint density at radius 1 is 1.36 bits per heavy atom. The Bertz CT molecular complexity index is 807. The number of rotatable bonds is 7. The van der Waals surface area contributed by atoms with Gasteiger partial charge in [-0.15, -0.1) is 0 Å². The summed E-state index contributed by atoms with van der Waals surface area (Å²) in [4.78, 5) is 12.0. The molecule has 0 spiro atoms. The van der Waals surface area contributed by atoms with Gasteiger partial charge in [0.2, 0.25) is 5.91 Å². The molecule has 0 unspecified atom stereocenters. The molecule has 0 atom stereocenters. The third kappa shape index (κ3) is 4.57. The Morgan fingerprint density at radius 3 is 2.76 bits per heavy atom. The quantitative estimate of drug-likeness (QED) is 0.755. The first kappa shape index (κ1) is 18.5. The lowest BCUT2D eigenvalue weighted by atomic mass is 10.1. The normalized spacial score (nSPS) is 10.4. The van der Waals surface area contributed by atoms with Crippen molar-refractivity contribution in [2.24, 2.45) is 7.05 Å². The van der Waals surface area contributed by atoms with Crippen LogP contribution in [0.1, 0.15) is 28.9 Å². The van der Waals surface area contributed by atoms with E-state index < -0.39 is 5.82 Å². The summed E-state index contributed by atoms with van der Waals surface area (Å²) in [6.45, 7) is 4.74. The number of anilines is 1. The minimum Gasteiger partial charge on any atom is -0.382 e. The molecular formula is C18H22FN5O. The maximum atomic E-state index is 13.5. The second-order valence-corrected chi connectivity index (χ2v) is 5.82. The number of nitrogens with zero attached hydrogens (tertiary/aromatic N) is 3. The molecule has 0 aliphatic rings. The highest BCUT2D eigenvalue weighted by Crippen LogP contribution is 2.17. The van der Waals surface area contributed by atoms with E-state index in [9.17, 15) is 9.18 Å². The molecule has 7 heteroatoms. The van der Waals surface area contributed by atoms with Crippen molar-refractivity contribution in [3.8, 4) is 6.07 Å². The standard InChI is InChI=1S/C18H22FN5O/c1-12-14(13(2)24(3)23-12)7-8-18(25)22-10-9-21-17-6-4-5-16(19)15(17)11-20/h4-6,21H,7-10H2,1-3H3,(H,22,25). The van der Waals surface area contributed by atoms with Crippen LogP contribution in [0.4, 0.5) is 10.1 Å². The number of hydrogen-bond donors (Lipinski definition) is 2. The van der Waals surface area contributed by atoms with Gasteiger partial charge in [0.15, 0.2) is 0 Å². The number of carbonyl (C=O) groups is 1. The number of carbonyl (C=O) groups excluding carboxylic acids is 1. The predicted octanol–water partition coefficient (Wildman–Crippen LogP) is 2.21. The molecule has 0 aliphatic heterocycles. The van der Waals surface area contributed by atoms with Crippen LogP contribution in [0.2, 0.25) is 0 Å². The molecule has 1 aromatic carbocycles. The zero-order chi connectivity index (χ0) is 18.4. The fraction of sp³-hybridized carbons (Fsp3) is 0.389. The van der Waals surface area contributed by atoms with Gasteiger partial charge < -0.3 is 10.6 Å². The SMILES string of the molecule is Cc1nn(C)c(C)c1CCC(=O)NCCNc1cccc(F)c1C#N. The molecule has 0 saturated carbocycles. The van der Waals surface area contributed by atoms with E-state index in [2.05, 4.69) is 15.7 Å². The van der Waals surface area contributed by atoms with Gasteiger partial charge in [-0.1, -0.05) is 6.07 Å². The molecule has 0 aliphatic carbocycles. The monoisotopic (exact) mass is 343 g/mol. The van der Waals surface area contributed by atoms with E-state index in [-0.39, 0.29) is 11.5 Å². The fourth-order valence-electron chi connectivity index (χ4n) is 2.69. The number of hydrogen-bond acceptors (Lipinski definition) is 4. The van der Waals surface area contributed by atoms with E-state index in [1.165, 1.54) is 12.1 Å². The van der Waals surface area contributed by atoms with Crippen molar-refractivity contribution >= 4 is 11.6 Å². The Balaban J connectivity index is 1.76. The lowest BCUT2D eigenvalue weighted by Gasteiger charge is -2.10. The second-order valence-electron chi connectivity index (χ2n) is 5.82. The van der Waals surface area contributed by atoms with Crippen molar-refractivity contribution < 1.29 is 9.18 Å². The topological polar surface area (TPSA) is 82.7 Å². The molecule has 0 radical (unpaired) electrons. The number of aryl methyl sites for hydroxylation is 2. The molecule has 1 aromatic heterocycles. The highest BCUT2D eigenvalue weighted by molar-refractivity contribution is 5.76. The number of benzene rings is 1. The van der Waals surface area contributed by atoms with Gasteiger partial charge in [0.1, 0.15) is 17.4 Å². The van der Waals surface area contributed by atoms with Gasteiger partial charge in [0, 0.05) is 32.3 Å². The van der Waals surface area contributed by atoms with Crippen molar-refractivity contribution in [3.63, 3.8) is 0 Å². The first-order chi connectivity index (χ1) is 11.9. The molecular weight excluding hydrogens is 321 g/mol. The van der Waals surface area contributed by atoms with Crippen molar-refractivity contribution in [1.82, 2.24) is 15.1 Å². The molecule has 2 N–H and O–H groups in total. The van der Waals surface area contributed by atoms with Gasteiger partial charge >= 0.3 is 0 Å². The van der Waals surface area contributed by atoms with Crippen LogP contribution in [0, 0.1) is 31.0 Å². The molecule has 0 bridgehead atoms. The van der Waals surface area contributed by atoms with Gasteiger partial charge in [0.25, 0.3) is 0 Å². The van der Waals surface area contributed by atoms with E-state index >= 15 is 0 Å². The highest BCUT2D eigenvalue weighted by atomic mass is 19.1. The molecule has 1 amide bonds. The summed E-state index contributed by atoms with van der Waals surface area (Å²) >= 11 is 0. The smallest absolute Gasteiger partial charge is 0.220 e. The Labute approximate surface area is 146 Å². The summed E-state index contributed by atoms with van der Waals surface area (Å²) < 4.78 is 15.3. The number of nitriles is 1. The largest absolute Gasteiger partial charge is 0.382 e. The number of halogens is 1. The van der Waals surface area contributed by atoms with Gasteiger partial charge in [-0.05, 0) is 38.0 Å². The van der Waals surface area contributed by atoms with Crippen LogP contribution in [0.25, 0.3) is 0 Å². The molecule has 0 saturated heterocycles. The van der Waals surface area contributed by atoms with Crippen LogP contribution in [-0.4, -0.2) is 28.8 Å². The van der Waals surface area contributed by atoms with E-state index in [0.29, 0.717) is 31.6 Å². The average Bonchev–Trinajstić information content (AvgIpc) is 2.82. The number of nitrogens with one attached hydrogen (secondary N) is 2. The number of amides is 1. The second kappa shape index (κ2) is 8.29. The Morgan fingerprint density at radius 2 is 2.12 bits per heavy atom. The van der Waals surface area contributed by atoms with Crippen LogP contribution >= 0.6 is 0 Å². The molecule has 25 heavy (non-hydrogen) atoms. The summed E-state index contributed by atoms with van der Waals surface area (Å²) in [5.41, 5.74) is 3.54. The number of aromatic nitrogens is 2. The van der Waals surface area contributed by atoms with E-state index in [1.54, 1.807) is 6.07 Å². The summed E-state index contributed by atoms with van der Waals surface area (Å²) in [6, 6.07) is 6.25. The van der Waals surface area contributed by atoms with Crippen LogP contribution in [0.5, 0.6) is 0 Å². The predicted molar refractivity (Wildman–Crippen MR) is 93.6 cm³/mol. The lowest BCUT2D eigenvalue weighted by Crippen LogP contribution is -2.29. The van der Waals surface area contributed by atoms with Gasteiger partial charge in [-0.3, -0.25) is 9.48 Å². The van der Waals surface area contributed by atoms with Crippen LogP contribution < -0.4 is 10.6 Å². The summed E-state index contributed by atoms with van der Waals surface area (Å²) in [5.74, 6) is -0.608. The minimum absolute atomic E-state index is 0.0173. The maximum Gasteiger partial charge on any atom is 0.220 e. The van der Waals surface area contributed by atoms with E-state index in [0.717, 1.165) is 17.0 Å². The Hall–Kier alpha value is -2.88. The zero-order valence-corrected chi connectivity index (χ0v) is 14.7. The molecule has 2 rings (SSSR count). The average molecular weight is 343 g/mol. The van der Waals surface area contributed by atoms with E-state index in [4.69, 9.17) is 5.26 Å². The third-order valence-electron chi connectivity index (χ3n) is 4.15. The first-order valence-electron chi connectivity index (χ1n) is 8.12. The fourth-order valence-corrected chi connectivity index (χ4v) is 2.69. The molecule has 0 fully saturated rings. The summed E-state index contributed by atoms with van der Waals surface area (Å²) in [7, 11) is 1.89. The summed E-state index contributed by atoms with van der Waals surface area (Å²) in [6.07, 6.45) is 1.03. The van der Waals surface area contributed by atoms with E-state index in [1.807, 2.05) is 31.6 Å². The Kier molecular flexibility index (Phi) is 6.12. The van der Waals surface area contributed by atoms with Crippen LogP contribution in [-0.2, 0) is 18.3 Å². The van der Waals surface area contributed by atoms with Gasteiger partial charge in [0.05, 0.1) is 11.4 Å². The maximum absolute atomic E-state index is 13.5. The molecule has 1 heterocycles. The van der Waals surface area contributed by atoms with Gasteiger partial charge in [-0.25, -0.2) is 4.39 Å². The van der Waals surface area contributed by atoms with Crippen LogP contribution in [0.15, 0.2) is 18.2 Å². The van der Waals surface area contributed by atoms with Crippen molar-refractivity contribution in [1.29, 1.82) is 5.26 Å². The third-order valence-corrected chi connectivity index (χ3v) is 4.15. The zero-order valence-electron chi connectivity index (χ0n) is 14.7. The first-order valence-corrected chi connectivity index (χ1v) is 8.12. The van der Waals surface area contributed by atoms with Crippen molar-refractivity contribution in [3.05, 3.63) is 46.5 Å². The van der Waals surface area contributed by atoms with Crippen LogP contribution in [0.3, 0.4) is 0 Å².